The average Bonchev–Trinajstić information content (AvgIpc) is 2.26. The van der Waals surface area contributed by atoms with E-state index in [2.05, 4.69) is 4.74 Å². The molecule has 100 valence electrons. The Kier molecular flexibility index (Phi) is 6.75. The topological polar surface area (TPSA) is 93.1 Å². The predicted octanol–water partition coefficient (Wildman–Crippen LogP) is 0.00470. The number of hydrogen-bond acceptors (Lipinski definition) is 6. The quantitative estimate of drug-likeness (QED) is 0.487. The monoisotopic (exact) mass is 248 g/mol. The van der Waals surface area contributed by atoms with E-state index in [0.717, 1.165) is 7.11 Å². The van der Waals surface area contributed by atoms with E-state index in [1.807, 2.05) is 0 Å². The molecule has 0 aliphatic heterocycles. The zero-order valence-electron chi connectivity index (χ0n) is 10.4. The Balaban J connectivity index is 3.89. The minimum Gasteiger partial charge on any atom is -0.467 e. The fourth-order valence-electron chi connectivity index (χ4n) is 1.28. The second kappa shape index (κ2) is 7.24. The van der Waals surface area contributed by atoms with E-state index in [1.54, 1.807) is 0 Å². The molecule has 0 spiro atoms. The molecule has 0 fully saturated rings. The molecule has 2 N–H and O–H groups in total. The van der Waals surface area contributed by atoms with Gasteiger partial charge in [-0.25, -0.2) is 4.79 Å². The number of aliphatic hydroxyl groups is 2. The average molecular weight is 248 g/mol. The molecule has 0 aromatic carbocycles. The van der Waals surface area contributed by atoms with Gasteiger partial charge in [0, 0.05) is 6.92 Å². The van der Waals surface area contributed by atoms with Gasteiger partial charge in [-0.15, -0.1) is 0 Å². The highest BCUT2D eigenvalue weighted by atomic mass is 16.5. The summed E-state index contributed by atoms with van der Waals surface area (Å²) in [5, 5.41) is 19.3. The van der Waals surface area contributed by atoms with Crippen LogP contribution in [0.25, 0.3) is 0 Å². The van der Waals surface area contributed by atoms with Crippen LogP contribution < -0.4 is 0 Å². The highest BCUT2D eigenvalue weighted by Crippen LogP contribution is 2.17. The normalized spacial score (nSPS) is 15.8. The van der Waals surface area contributed by atoms with Crippen LogP contribution in [0.15, 0.2) is 0 Å². The minimum atomic E-state index is -1.91. The zero-order chi connectivity index (χ0) is 13.5. The van der Waals surface area contributed by atoms with E-state index in [4.69, 9.17) is 4.74 Å². The van der Waals surface area contributed by atoms with Crippen LogP contribution in [0, 0.1) is 0 Å². The molecule has 2 atom stereocenters. The molecule has 0 heterocycles. The summed E-state index contributed by atoms with van der Waals surface area (Å²) in [7, 11) is 1.14. The highest BCUT2D eigenvalue weighted by Gasteiger charge is 2.39. The van der Waals surface area contributed by atoms with Gasteiger partial charge in [-0.3, -0.25) is 4.79 Å². The van der Waals surface area contributed by atoms with Gasteiger partial charge in [-0.1, -0.05) is 0 Å². The predicted molar refractivity (Wildman–Crippen MR) is 59.1 cm³/mol. The molecule has 0 bridgehead atoms. The summed E-state index contributed by atoms with van der Waals surface area (Å²) in [6.07, 6.45) is 0.117. The van der Waals surface area contributed by atoms with Crippen molar-refractivity contribution in [3.63, 3.8) is 0 Å². The molecule has 17 heavy (non-hydrogen) atoms. The largest absolute Gasteiger partial charge is 0.467 e. The number of carbonyl (C=O) groups is 2. The SMILES string of the molecule is COC(=O)[C@@](C)(O)[C@H](O)CCCCOC(C)=O. The molecule has 0 saturated heterocycles. The van der Waals surface area contributed by atoms with Gasteiger partial charge in [-0.2, -0.15) is 0 Å². The first-order valence-corrected chi connectivity index (χ1v) is 5.44. The van der Waals surface area contributed by atoms with Crippen molar-refractivity contribution in [2.75, 3.05) is 13.7 Å². The van der Waals surface area contributed by atoms with Gasteiger partial charge in [0.2, 0.25) is 0 Å². The Hall–Kier alpha value is -1.14. The number of rotatable bonds is 7. The fraction of sp³-hybridized carbons (Fsp3) is 0.818. The molecule has 0 amide bonds. The summed E-state index contributed by atoms with van der Waals surface area (Å²) in [4.78, 5) is 21.6. The zero-order valence-corrected chi connectivity index (χ0v) is 10.4. The van der Waals surface area contributed by atoms with Crippen molar-refractivity contribution in [3.05, 3.63) is 0 Å². The van der Waals surface area contributed by atoms with Crippen molar-refractivity contribution in [1.82, 2.24) is 0 Å². The smallest absolute Gasteiger partial charge is 0.340 e. The van der Waals surface area contributed by atoms with Gasteiger partial charge >= 0.3 is 11.9 Å². The van der Waals surface area contributed by atoms with E-state index in [0.29, 0.717) is 12.8 Å². The molecule has 0 saturated carbocycles. The van der Waals surface area contributed by atoms with Gasteiger partial charge in [0.25, 0.3) is 0 Å². The summed E-state index contributed by atoms with van der Waals surface area (Å²) >= 11 is 0. The number of carbonyl (C=O) groups excluding carboxylic acids is 2. The van der Waals surface area contributed by atoms with E-state index in [1.165, 1.54) is 13.8 Å². The first kappa shape index (κ1) is 15.9. The number of aliphatic hydroxyl groups excluding tert-OH is 1. The third-order valence-corrected chi connectivity index (χ3v) is 2.42. The summed E-state index contributed by atoms with van der Waals surface area (Å²) in [5.41, 5.74) is -1.91. The molecular weight excluding hydrogens is 228 g/mol. The Morgan fingerprint density at radius 3 is 2.41 bits per heavy atom. The van der Waals surface area contributed by atoms with E-state index < -0.39 is 17.7 Å². The van der Waals surface area contributed by atoms with Crippen LogP contribution in [0.1, 0.15) is 33.1 Å². The van der Waals surface area contributed by atoms with Gasteiger partial charge < -0.3 is 19.7 Å². The van der Waals surface area contributed by atoms with Crippen molar-refractivity contribution >= 4 is 11.9 Å². The maximum Gasteiger partial charge on any atom is 0.340 e. The lowest BCUT2D eigenvalue weighted by atomic mass is 9.95. The summed E-state index contributed by atoms with van der Waals surface area (Å²) in [6, 6.07) is 0. The Morgan fingerprint density at radius 1 is 1.35 bits per heavy atom. The lowest BCUT2D eigenvalue weighted by molar-refractivity contribution is -0.172. The Morgan fingerprint density at radius 2 is 1.94 bits per heavy atom. The third-order valence-electron chi connectivity index (χ3n) is 2.42. The summed E-state index contributed by atoms with van der Waals surface area (Å²) < 4.78 is 9.08. The highest BCUT2D eigenvalue weighted by molar-refractivity contribution is 5.79. The number of unbranched alkanes of at least 4 members (excludes halogenated alkanes) is 1. The van der Waals surface area contributed by atoms with Crippen molar-refractivity contribution in [1.29, 1.82) is 0 Å². The van der Waals surface area contributed by atoms with Crippen molar-refractivity contribution in [2.24, 2.45) is 0 Å². The van der Waals surface area contributed by atoms with E-state index in [9.17, 15) is 19.8 Å². The van der Waals surface area contributed by atoms with Crippen molar-refractivity contribution < 1.29 is 29.3 Å². The molecule has 0 rings (SSSR count). The van der Waals surface area contributed by atoms with Crippen LogP contribution in [0.5, 0.6) is 0 Å². The van der Waals surface area contributed by atoms with Crippen LogP contribution in [0.3, 0.4) is 0 Å². The van der Waals surface area contributed by atoms with Gasteiger partial charge in [0.15, 0.2) is 5.60 Å². The number of ether oxygens (including phenoxy) is 2. The Labute approximate surface area is 101 Å². The summed E-state index contributed by atoms with van der Waals surface area (Å²) in [6.45, 7) is 2.79. The van der Waals surface area contributed by atoms with Crippen LogP contribution in [0.2, 0.25) is 0 Å². The van der Waals surface area contributed by atoms with Crippen molar-refractivity contribution in [2.45, 2.75) is 44.8 Å². The van der Waals surface area contributed by atoms with Crippen LogP contribution in [-0.4, -0.2) is 47.6 Å². The second-order valence-corrected chi connectivity index (χ2v) is 3.99. The second-order valence-electron chi connectivity index (χ2n) is 3.99. The minimum absolute atomic E-state index is 0.226. The standard InChI is InChI=1S/C11H20O6/c1-8(12)17-7-5-4-6-9(13)11(2,15)10(14)16-3/h9,13,15H,4-7H2,1-3H3/t9-,11+/m1/s1. The maximum absolute atomic E-state index is 11.2. The lowest BCUT2D eigenvalue weighted by Crippen LogP contribution is -2.47. The van der Waals surface area contributed by atoms with Gasteiger partial charge in [0.05, 0.1) is 19.8 Å². The fourth-order valence-corrected chi connectivity index (χ4v) is 1.28. The molecule has 0 unspecified atom stereocenters. The molecule has 0 aromatic rings. The molecule has 0 aliphatic carbocycles. The first-order chi connectivity index (χ1) is 7.82. The van der Waals surface area contributed by atoms with Gasteiger partial charge in [-0.05, 0) is 26.2 Å². The maximum atomic E-state index is 11.2. The van der Waals surface area contributed by atoms with Crippen LogP contribution in [-0.2, 0) is 19.1 Å². The Bertz CT molecular complexity index is 261. The first-order valence-electron chi connectivity index (χ1n) is 5.44. The van der Waals surface area contributed by atoms with Crippen molar-refractivity contribution in [3.8, 4) is 0 Å². The lowest BCUT2D eigenvalue weighted by Gasteiger charge is -2.25. The summed E-state index contributed by atoms with van der Waals surface area (Å²) in [5.74, 6) is -1.22. The van der Waals surface area contributed by atoms with E-state index in [-0.39, 0.29) is 19.0 Å². The van der Waals surface area contributed by atoms with Crippen LogP contribution >= 0.6 is 0 Å². The molecule has 0 radical (unpaired) electrons. The van der Waals surface area contributed by atoms with Gasteiger partial charge in [0.1, 0.15) is 0 Å². The van der Waals surface area contributed by atoms with Crippen LogP contribution in [0.4, 0.5) is 0 Å². The van der Waals surface area contributed by atoms with E-state index >= 15 is 0 Å². The number of hydrogen-bond donors (Lipinski definition) is 2. The molecule has 0 aliphatic rings. The number of esters is 2. The molecule has 0 aromatic heterocycles. The molecule has 6 nitrogen and oxygen atoms in total. The molecule has 6 heteroatoms. The third kappa shape index (κ3) is 5.65. The molecular formula is C11H20O6. The number of methoxy groups -OCH3 is 1.